The third-order valence-electron chi connectivity index (χ3n) is 3.30. The van der Waals surface area contributed by atoms with E-state index in [2.05, 4.69) is 22.4 Å². The highest BCUT2D eigenvalue weighted by atomic mass is 32.1. The molecule has 1 fully saturated rings. The van der Waals surface area contributed by atoms with Gasteiger partial charge in [-0.15, -0.1) is 11.3 Å². The Balaban J connectivity index is 1.68. The van der Waals surface area contributed by atoms with E-state index in [4.69, 9.17) is 0 Å². The molecule has 94 valence electrons. The maximum atomic E-state index is 12.9. The summed E-state index contributed by atoms with van der Waals surface area (Å²) < 4.78 is 12.9. The van der Waals surface area contributed by atoms with Crippen LogP contribution in [0.15, 0.2) is 41.8 Å². The number of benzene rings is 1. The van der Waals surface area contributed by atoms with Crippen LogP contribution in [0, 0.1) is 5.82 Å². The van der Waals surface area contributed by atoms with Gasteiger partial charge in [0.1, 0.15) is 5.82 Å². The maximum Gasteiger partial charge on any atom is 0.123 e. The molecule has 0 amide bonds. The molecule has 1 aliphatic rings. The van der Waals surface area contributed by atoms with E-state index in [0.717, 1.165) is 19.1 Å². The van der Waals surface area contributed by atoms with Crippen LogP contribution in [0.2, 0.25) is 0 Å². The SMILES string of the molecule is Fc1ccc(CN(Cc2cccs2)C2CC2)cc1. The molecule has 0 spiro atoms. The average Bonchev–Trinajstić information content (AvgIpc) is 3.10. The summed E-state index contributed by atoms with van der Waals surface area (Å²) in [5.41, 5.74) is 1.19. The van der Waals surface area contributed by atoms with Crippen molar-refractivity contribution in [2.24, 2.45) is 0 Å². The number of hydrogen-bond donors (Lipinski definition) is 0. The molecule has 0 radical (unpaired) electrons. The average molecular weight is 261 g/mol. The molecule has 1 aliphatic carbocycles. The van der Waals surface area contributed by atoms with Gasteiger partial charge in [0.05, 0.1) is 0 Å². The lowest BCUT2D eigenvalue weighted by atomic mass is 10.2. The molecular formula is C15H16FNS. The summed E-state index contributed by atoms with van der Waals surface area (Å²) in [6.45, 7) is 1.93. The molecule has 0 bridgehead atoms. The fourth-order valence-electron chi connectivity index (χ4n) is 2.18. The molecule has 0 N–H and O–H groups in total. The van der Waals surface area contributed by atoms with Gasteiger partial charge in [-0.3, -0.25) is 4.90 Å². The minimum Gasteiger partial charge on any atom is -0.291 e. The Morgan fingerprint density at radius 3 is 2.50 bits per heavy atom. The van der Waals surface area contributed by atoms with Gasteiger partial charge >= 0.3 is 0 Å². The number of halogens is 1. The van der Waals surface area contributed by atoms with Gasteiger partial charge in [-0.25, -0.2) is 4.39 Å². The van der Waals surface area contributed by atoms with E-state index < -0.39 is 0 Å². The zero-order valence-electron chi connectivity index (χ0n) is 10.2. The molecule has 1 aromatic carbocycles. The van der Waals surface area contributed by atoms with Crippen LogP contribution in [0.25, 0.3) is 0 Å². The third kappa shape index (κ3) is 2.98. The van der Waals surface area contributed by atoms with Crippen LogP contribution >= 0.6 is 11.3 Å². The fraction of sp³-hybridized carbons (Fsp3) is 0.333. The van der Waals surface area contributed by atoms with E-state index in [0.29, 0.717) is 0 Å². The standard InChI is InChI=1S/C15H16FNS/c16-13-5-3-12(4-6-13)10-17(14-7-8-14)11-15-2-1-9-18-15/h1-6,9,14H,7-8,10-11H2. The predicted octanol–water partition coefficient (Wildman–Crippen LogP) is 4.05. The molecule has 0 atom stereocenters. The number of nitrogens with zero attached hydrogens (tertiary/aromatic N) is 1. The second kappa shape index (κ2) is 5.21. The van der Waals surface area contributed by atoms with Crippen molar-refractivity contribution in [2.45, 2.75) is 32.0 Å². The summed E-state index contributed by atoms with van der Waals surface area (Å²) in [6, 6.07) is 11.9. The third-order valence-corrected chi connectivity index (χ3v) is 4.16. The van der Waals surface area contributed by atoms with Crippen LogP contribution in [0.1, 0.15) is 23.3 Å². The van der Waals surface area contributed by atoms with Crippen LogP contribution in [0.3, 0.4) is 0 Å². The fourth-order valence-corrected chi connectivity index (χ4v) is 2.91. The van der Waals surface area contributed by atoms with Gasteiger partial charge in [-0.05, 0) is 42.0 Å². The van der Waals surface area contributed by atoms with Crippen molar-refractivity contribution in [1.82, 2.24) is 4.90 Å². The predicted molar refractivity (Wildman–Crippen MR) is 73.0 cm³/mol. The topological polar surface area (TPSA) is 3.24 Å². The maximum absolute atomic E-state index is 12.9. The smallest absolute Gasteiger partial charge is 0.123 e. The van der Waals surface area contributed by atoms with E-state index in [1.165, 1.54) is 23.3 Å². The molecule has 0 saturated heterocycles. The summed E-state index contributed by atoms with van der Waals surface area (Å²) in [5, 5.41) is 2.12. The van der Waals surface area contributed by atoms with E-state index in [1.807, 2.05) is 23.5 Å². The highest BCUT2D eigenvalue weighted by Crippen LogP contribution is 2.30. The normalized spacial score (nSPS) is 15.2. The van der Waals surface area contributed by atoms with Crippen molar-refractivity contribution in [3.8, 4) is 0 Å². The molecule has 1 saturated carbocycles. The monoisotopic (exact) mass is 261 g/mol. The van der Waals surface area contributed by atoms with Gasteiger partial charge in [-0.2, -0.15) is 0 Å². The van der Waals surface area contributed by atoms with Crippen LogP contribution in [0.4, 0.5) is 4.39 Å². The lowest BCUT2D eigenvalue weighted by molar-refractivity contribution is 0.248. The van der Waals surface area contributed by atoms with Crippen LogP contribution in [-0.4, -0.2) is 10.9 Å². The first-order valence-electron chi connectivity index (χ1n) is 6.32. The Hall–Kier alpha value is -1.19. The van der Waals surface area contributed by atoms with Crippen molar-refractivity contribution in [3.05, 3.63) is 58.0 Å². The van der Waals surface area contributed by atoms with Crippen molar-refractivity contribution < 1.29 is 4.39 Å². The van der Waals surface area contributed by atoms with Gasteiger partial charge in [-0.1, -0.05) is 18.2 Å². The second-order valence-electron chi connectivity index (χ2n) is 4.84. The van der Waals surface area contributed by atoms with E-state index in [9.17, 15) is 4.39 Å². The summed E-state index contributed by atoms with van der Waals surface area (Å²) in [5.74, 6) is -0.157. The van der Waals surface area contributed by atoms with Crippen molar-refractivity contribution >= 4 is 11.3 Å². The Kier molecular flexibility index (Phi) is 3.43. The minimum absolute atomic E-state index is 0.157. The molecule has 2 aromatic rings. The first kappa shape index (κ1) is 11.9. The molecule has 1 heterocycles. The van der Waals surface area contributed by atoms with E-state index in [1.54, 1.807) is 12.1 Å². The molecule has 0 aliphatic heterocycles. The van der Waals surface area contributed by atoms with Crippen molar-refractivity contribution in [2.75, 3.05) is 0 Å². The lowest BCUT2D eigenvalue weighted by Gasteiger charge is -2.21. The van der Waals surface area contributed by atoms with Crippen molar-refractivity contribution in [3.63, 3.8) is 0 Å². The molecule has 3 heteroatoms. The zero-order valence-corrected chi connectivity index (χ0v) is 11.0. The van der Waals surface area contributed by atoms with Gasteiger partial charge in [0, 0.05) is 24.0 Å². The van der Waals surface area contributed by atoms with Gasteiger partial charge in [0.25, 0.3) is 0 Å². The number of thiophene rings is 1. The summed E-state index contributed by atoms with van der Waals surface area (Å²) in [6.07, 6.45) is 2.60. The molecule has 3 rings (SSSR count). The van der Waals surface area contributed by atoms with Crippen LogP contribution in [-0.2, 0) is 13.1 Å². The number of hydrogen-bond acceptors (Lipinski definition) is 2. The quantitative estimate of drug-likeness (QED) is 0.784. The van der Waals surface area contributed by atoms with Gasteiger partial charge in [0.15, 0.2) is 0 Å². The highest BCUT2D eigenvalue weighted by molar-refractivity contribution is 7.09. The Labute approximate surface area is 111 Å². The molecule has 1 aromatic heterocycles. The molecule has 0 unspecified atom stereocenters. The molecule has 1 nitrogen and oxygen atoms in total. The lowest BCUT2D eigenvalue weighted by Crippen LogP contribution is -2.24. The first-order valence-corrected chi connectivity index (χ1v) is 7.20. The van der Waals surface area contributed by atoms with Crippen LogP contribution in [0.5, 0.6) is 0 Å². The summed E-state index contributed by atoms with van der Waals surface area (Å²) >= 11 is 1.81. The molecular weight excluding hydrogens is 245 g/mol. The first-order chi connectivity index (χ1) is 8.81. The van der Waals surface area contributed by atoms with E-state index >= 15 is 0 Å². The summed E-state index contributed by atoms with van der Waals surface area (Å²) in [4.78, 5) is 3.91. The Morgan fingerprint density at radius 2 is 1.89 bits per heavy atom. The van der Waals surface area contributed by atoms with Gasteiger partial charge < -0.3 is 0 Å². The summed E-state index contributed by atoms with van der Waals surface area (Å²) in [7, 11) is 0. The highest BCUT2D eigenvalue weighted by Gasteiger charge is 2.29. The van der Waals surface area contributed by atoms with E-state index in [-0.39, 0.29) is 5.82 Å². The minimum atomic E-state index is -0.157. The van der Waals surface area contributed by atoms with Crippen LogP contribution < -0.4 is 0 Å². The zero-order chi connectivity index (χ0) is 12.4. The second-order valence-corrected chi connectivity index (χ2v) is 5.87. The Bertz CT molecular complexity index is 488. The largest absolute Gasteiger partial charge is 0.291 e. The number of rotatable bonds is 5. The van der Waals surface area contributed by atoms with Gasteiger partial charge in [0.2, 0.25) is 0 Å². The Morgan fingerprint density at radius 1 is 1.11 bits per heavy atom. The molecule has 18 heavy (non-hydrogen) atoms. The van der Waals surface area contributed by atoms with Crippen molar-refractivity contribution in [1.29, 1.82) is 0 Å².